The monoisotopic (exact) mass is 450 g/mol. The SMILES string of the molecule is CCC(C)(CNC(=O)OCC1c2ccccc2-c2ccccc21)C(=O)N1CCC[C@H]1C(=O)O. The van der Waals surface area contributed by atoms with Gasteiger partial charge in [0.1, 0.15) is 12.6 Å². The predicted octanol–water partition coefficient (Wildman–Crippen LogP) is 4.02. The maximum absolute atomic E-state index is 13.1. The molecular formula is C26H30N2O5. The number of benzene rings is 2. The van der Waals surface area contributed by atoms with E-state index in [1.165, 1.54) is 4.90 Å². The van der Waals surface area contributed by atoms with Gasteiger partial charge in [-0.25, -0.2) is 9.59 Å². The number of carboxylic acids is 1. The van der Waals surface area contributed by atoms with Crippen LogP contribution in [0, 0.1) is 5.41 Å². The van der Waals surface area contributed by atoms with Crippen molar-refractivity contribution in [1.82, 2.24) is 10.2 Å². The zero-order chi connectivity index (χ0) is 23.6. The summed E-state index contributed by atoms with van der Waals surface area (Å²) in [5.74, 6) is -1.26. The molecule has 7 heteroatoms. The largest absolute Gasteiger partial charge is 0.480 e. The van der Waals surface area contributed by atoms with E-state index in [1.807, 2.05) is 31.2 Å². The van der Waals surface area contributed by atoms with Crippen molar-refractivity contribution >= 4 is 18.0 Å². The average Bonchev–Trinajstić information content (AvgIpc) is 3.44. The first-order chi connectivity index (χ1) is 15.9. The van der Waals surface area contributed by atoms with Crippen molar-refractivity contribution in [2.75, 3.05) is 19.7 Å². The number of likely N-dealkylation sites (tertiary alicyclic amines) is 1. The number of hydrogen-bond acceptors (Lipinski definition) is 4. The third-order valence-electron chi connectivity index (χ3n) is 7.06. The molecule has 33 heavy (non-hydrogen) atoms. The van der Waals surface area contributed by atoms with Crippen LogP contribution < -0.4 is 5.32 Å². The second kappa shape index (κ2) is 9.25. The van der Waals surface area contributed by atoms with Gasteiger partial charge < -0.3 is 20.1 Å². The first kappa shape index (κ1) is 22.8. The molecule has 0 aromatic heterocycles. The molecule has 2 aromatic carbocycles. The first-order valence-corrected chi connectivity index (χ1v) is 11.5. The van der Waals surface area contributed by atoms with Crippen LogP contribution in [0.3, 0.4) is 0 Å². The highest BCUT2D eigenvalue weighted by molar-refractivity contribution is 5.88. The van der Waals surface area contributed by atoms with E-state index in [0.717, 1.165) is 22.3 Å². The number of ether oxygens (including phenoxy) is 1. The van der Waals surface area contributed by atoms with Crippen LogP contribution >= 0.6 is 0 Å². The molecule has 0 bridgehead atoms. The maximum Gasteiger partial charge on any atom is 0.407 e. The molecule has 0 saturated carbocycles. The van der Waals surface area contributed by atoms with Gasteiger partial charge in [0.05, 0.1) is 5.41 Å². The lowest BCUT2D eigenvalue weighted by atomic mass is 9.85. The van der Waals surface area contributed by atoms with Crippen LogP contribution in [0.2, 0.25) is 0 Å². The second-order valence-electron chi connectivity index (χ2n) is 9.09. The number of carboxylic acid groups (broad SMARTS) is 1. The number of alkyl carbamates (subject to hydrolysis) is 1. The lowest BCUT2D eigenvalue weighted by Gasteiger charge is -2.33. The van der Waals surface area contributed by atoms with E-state index in [0.29, 0.717) is 25.8 Å². The third-order valence-corrected chi connectivity index (χ3v) is 7.06. The molecule has 0 radical (unpaired) electrons. The number of aliphatic carboxylic acids is 1. The Morgan fingerprint density at radius 2 is 1.70 bits per heavy atom. The van der Waals surface area contributed by atoms with E-state index in [1.54, 1.807) is 6.92 Å². The van der Waals surface area contributed by atoms with Crippen molar-refractivity contribution in [1.29, 1.82) is 0 Å². The normalized spacial score (nSPS) is 18.8. The summed E-state index contributed by atoms with van der Waals surface area (Å²) in [6.07, 6.45) is 1.02. The molecule has 2 aliphatic rings. The Morgan fingerprint density at radius 1 is 1.09 bits per heavy atom. The Balaban J connectivity index is 1.38. The summed E-state index contributed by atoms with van der Waals surface area (Å²) in [7, 11) is 0. The summed E-state index contributed by atoms with van der Waals surface area (Å²) in [6, 6.07) is 15.5. The smallest absolute Gasteiger partial charge is 0.407 e. The maximum atomic E-state index is 13.1. The first-order valence-electron chi connectivity index (χ1n) is 11.5. The van der Waals surface area contributed by atoms with E-state index in [-0.39, 0.29) is 25.0 Å². The highest BCUT2D eigenvalue weighted by Crippen LogP contribution is 2.44. The Bertz CT molecular complexity index is 1020. The van der Waals surface area contributed by atoms with E-state index in [2.05, 4.69) is 29.6 Å². The minimum absolute atomic E-state index is 0.0386. The topological polar surface area (TPSA) is 95.9 Å². The van der Waals surface area contributed by atoms with Crippen molar-refractivity contribution in [2.45, 2.75) is 45.1 Å². The van der Waals surface area contributed by atoms with E-state index >= 15 is 0 Å². The number of fused-ring (bicyclic) bond motifs is 3. The summed E-state index contributed by atoms with van der Waals surface area (Å²) < 4.78 is 5.58. The van der Waals surface area contributed by atoms with Crippen molar-refractivity contribution in [2.24, 2.45) is 5.41 Å². The zero-order valence-corrected chi connectivity index (χ0v) is 19.0. The second-order valence-corrected chi connectivity index (χ2v) is 9.09. The lowest BCUT2D eigenvalue weighted by molar-refractivity contribution is -0.152. The van der Waals surface area contributed by atoms with Gasteiger partial charge in [0.25, 0.3) is 0 Å². The van der Waals surface area contributed by atoms with Gasteiger partial charge in [-0.2, -0.15) is 0 Å². The van der Waals surface area contributed by atoms with Gasteiger partial charge in [0.15, 0.2) is 0 Å². The van der Waals surface area contributed by atoms with Gasteiger partial charge in [0, 0.05) is 19.0 Å². The summed E-state index contributed by atoms with van der Waals surface area (Å²) in [5.41, 5.74) is 3.68. The summed E-state index contributed by atoms with van der Waals surface area (Å²) >= 11 is 0. The molecule has 2 aromatic rings. The minimum atomic E-state index is -0.983. The van der Waals surface area contributed by atoms with Crippen molar-refractivity contribution in [3.8, 4) is 11.1 Å². The molecule has 2 atom stereocenters. The number of amides is 2. The number of carbonyl (C=O) groups excluding carboxylic acids is 2. The molecule has 1 heterocycles. The quantitative estimate of drug-likeness (QED) is 0.664. The molecule has 1 saturated heterocycles. The number of carbonyl (C=O) groups is 3. The number of hydrogen-bond donors (Lipinski definition) is 2. The van der Waals surface area contributed by atoms with E-state index in [4.69, 9.17) is 4.74 Å². The third kappa shape index (κ3) is 4.32. The molecule has 7 nitrogen and oxygen atoms in total. The van der Waals surface area contributed by atoms with Crippen LogP contribution in [-0.2, 0) is 14.3 Å². The zero-order valence-electron chi connectivity index (χ0n) is 19.0. The number of nitrogens with one attached hydrogen (secondary N) is 1. The van der Waals surface area contributed by atoms with Gasteiger partial charge in [0.2, 0.25) is 5.91 Å². The van der Waals surface area contributed by atoms with Crippen LogP contribution in [0.5, 0.6) is 0 Å². The Morgan fingerprint density at radius 3 is 2.27 bits per heavy atom. The molecule has 0 spiro atoms. The van der Waals surface area contributed by atoms with Crippen molar-refractivity contribution in [3.05, 3.63) is 59.7 Å². The summed E-state index contributed by atoms with van der Waals surface area (Å²) in [6.45, 7) is 4.33. The van der Waals surface area contributed by atoms with E-state index in [9.17, 15) is 19.5 Å². The highest BCUT2D eigenvalue weighted by atomic mass is 16.5. The minimum Gasteiger partial charge on any atom is -0.480 e. The van der Waals surface area contributed by atoms with Crippen LogP contribution in [0.15, 0.2) is 48.5 Å². The van der Waals surface area contributed by atoms with Crippen LogP contribution in [0.1, 0.15) is 50.2 Å². The van der Waals surface area contributed by atoms with Gasteiger partial charge in [-0.05, 0) is 48.4 Å². The molecule has 1 fully saturated rings. The molecule has 4 rings (SSSR count). The molecular weight excluding hydrogens is 420 g/mol. The van der Waals surface area contributed by atoms with Crippen LogP contribution in [0.4, 0.5) is 4.79 Å². The van der Waals surface area contributed by atoms with Gasteiger partial charge in [-0.3, -0.25) is 4.79 Å². The fraction of sp³-hybridized carbons (Fsp3) is 0.423. The Labute approximate surface area is 193 Å². The number of rotatable bonds is 7. The Kier molecular flexibility index (Phi) is 6.40. The molecule has 1 unspecified atom stereocenters. The lowest BCUT2D eigenvalue weighted by Crippen LogP contribution is -2.51. The van der Waals surface area contributed by atoms with Crippen LogP contribution in [-0.4, -0.2) is 53.7 Å². The molecule has 1 aliphatic carbocycles. The van der Waals surface area contributed by atoms with E-state index < -0.39 is 23.5 Å². The highest BCUT2D eigenvalue weighted by Gasteiger charge is 2.42. The fourth-order valence-electron chi connectivity index (χ4n) is 4.88. The van der Waals surface area contributed by atoms with Crippen LogP contribution in [0.25, 0.3) is 11.1 Å². The van der Waals surface area contributed by atoms with Gasteiger partial charge in [-0.15, -0.1) is 0 Å². The average molecular weight is 451 g/mol. The Hall–Kier alpha value is -3.35. The molecule has 1 aliphatic heterocycles. The molecule has 2 N–H and O–H groups in total. The van der Waals surface area contributed by atoms with Crippen molar-refractivity contribution in [3.63, 3.8) is 0 Å². The van der Waals surface area contributed by atoms with Crippen molar-refractivity contribution < 1.29 is 24.2 Å². The predicted molar refractivity (Wildman–Crippen MR) is 124 cm³/mol. The summed E-state index contributed by atoms with van der Waals surface area (Å²) in [4.78, 5) is 38.6. The number of nitrogens with zero attached hydrogens (tertiary/aromatic N) is 1. The van der Waals surface area contributed by atoms with Gasteiger partial charge in [-0.1, -0.05) is 55.5 Å². The van der Waals surface area contributed by atoms with Gasteiger partial charge >= 0.3 is 12.1 Å². The summed E-state index contributed by atoms with van der Waals surface area (Å²) in [5, 5.41) is 12.2. The fourth-order valence-corrected chi connectivity index (χ4v) is 4.88. The molecule has 2 amide bonds. The standard InChI is InChI=1S/C26H30N2O5/c1-3-26(2,24(31)28-14-8-13-22(28)23(29)30)16-27-25(32)33-15-21-19-11-6-4-9-17(19)18-10-5-7-12-20(18)21/h4-7,9-12,21-22H,3,8,13-16H2,1-2H3,(H,27,32)(H,29,30)/t22-,26?/m0/s1. The molecule has 174 valence electrons.